The first-order valence-corrected chi connectivity index (χ1v) is 8.90. The van der Waals surface area contributed by atoms with Crippen molar-refractivity contribution in [2.24, 2.45) is 5.73 Å². The molecule has 9 nitrogen and oxygen atoms in total. The summed E-state index contributed by atoms with van der Waals surface area (Å²) in [5, 5.41) is 10.8. The van der Waals surface area contributed by atoms with Crippen molar-refractivity contribution in [1.82, 2.24) is 9.21 Å². The lowest BCUT2D eigenvalue weighted by Crippen LogP contribution is -2.49. The number of benzene rings is 1. The zero-order chi connectivity index (χ0) is 17.9. The van der Waals surface area contributed by atoms with Crippen LogP contribution in [0.25, 0.3) is 0 Å². The van der Waals surface area contributed by atoms with Gasteiger partial charge in [-0.25, -0.2) is 8.42 Å². The summed E-state index contributed by atoms with van der Waals surface area (Å²) in [4.78, 5) is 23.7. The van der Waals surface area contributed by atoms with E-state index in [1.807, 2.05) is 0 Å². The minimum absolute atomic E-state index is 0.0959. The molecule has 1 heterocycles. The van der Waals surface area contributed by atoms with Crippen LogP contribution in [-0.2, 0) is 14.8 Å². The highest BCUT2D eigenvalue weighted by atomic mass is 32.2. The van der Waals surface area contributed by atoms with Crippen molar-refractivity contribution in [3.8, 4) is 0 Å². The molecule has 0 bridgehead atoms. The van der Waals surface area contributed by atoms with Crippen LogP contribution in [0.3, 0.4) is 0 Å². The van der Waals surface area contributed by atoms with Crippen molar-refractivity contribution < 1.29 is 18.1 Å². The lowest BCUT2D eigenvalue weighted by atomic mass is 10.1. The number of sulfonamides is 1. The van der Waals surface area contributed by atoms with Crippen molar-refractivity contribution in [3.05, 3.63) is 34.4 Å². The Morgan fingerprint density at radius 1 is 1.50 bits per heavy atom. The van der Waals surface area contributed by atoms with Gasteiger partial charge in [-0.2, -0.15) is 4.31 Å². The Morgan fingerprint density at radius 2 is 2.21 bits per heavy atom. The molecule has 10 heteroatoms. The number of carbonyl (C=O) groups is 1. The number of likely N-dealkylation sites (N-methyl/N-ethyl adjacent to an activating group) is 1. The van der Waals surface area contributed by atoms with Crippen LogP contribution < -0.4 is 5.73 Å². The van der Waals surface area contributed by atoms with Crippen LogP contribution in [0.15, 0.2) is 29.2 Å². The maximum atomic E-state index is 12.5. The first-order valence-electron chi connectivity index (χ1n) is 7.46. The van der Waals surface area contributed by atoms with Crippen molar-refractivity contribution >= 4 is 21.6 Å². The second-order valence-corrected chi connectivity index (χ2v) is 7.80. The van der Waals surface area contributed by atoms with Gasteiger partial charge in [0.05, 0.1) is 16.4 Å². The van der Waals surface area contributed by atoms with Gasteiger partial charge in [0, 0.05) is 38.3 Å². The molecule has 2 rings (SSSR count). The summed E-state index contributed by atoms with van der Waals surface area (Å²) >= 11 is 0. The van der Waals surface area contributed by atoms with E-state index in [-0.39, 0.29) is 29.1 Å². The minimum atomic E-state index is -3.99. The summed E-state index contributed by atoms with van der Waals surface area (Å²) in [7, 11) is -2.72. The highest BCUT2D eigenvalue weighted by Crippen LogP contribution is 2.20. The number of nitrogens with zero attached hydrogens (tertiary/aromatic N) is 3. The van der Waals surface area contributed by atoms with Crippen LogP contribution in [0, 0.1) is 10.1 Å². The molecule has 1 unspecified atom stereocenters. The van der Waals surface area contributed by atoms with Crippen LogP contribution in [-0.4, -0.2) is 61.2 Å². The molecular weight excluding hydrogens is 336 g/mol. The molecular formula is C14H20N4O5S. The number of nitro benzene ring substituents is 1. The average molecular weight is 356 g/mol. The predicted molar refractivity (Wildman–Crippen MR) is 86.7 cm³/mol. The second-order valence-electron chi connectivity index (χ2n) is 5.76. The number of amides is 1. The molecule has 1 saturated heterocycles. The van der Waals surface area contributed by atoms with Gasteiger partial charge in [0.25, 0.3) is 5.69 Å². The van der Waals surface area contributed by atoms with E-state index in [4.69, 9.17) is 5.73 Å². The maximum Gasteiger partial charge on any atom is 0.270 e. The van der Waals surface area contributed by atoms with Crippen LogP contribution in [0.1, 0.15) is 12.8 Å². The number of nitro groups is 1. The lowest BCUT2D eigenvalue weighted by molar-refractivity contribution is -0.385. The normalized spacial score (nSPS) is 18.6. The van der Waals surface area contributed by atoms with Crippen molar-refractivity contribution in [1.29, 1.82) is 0 Å². The van der Waals surface area contributed by atoms with Gasteiger partial charge in [0.15, 0.2) is 0 Å². The van der Waals surface area contributed by atoms with E-state index in [1.165, 1.54) is 25.2 Å². The Hall–Kier alpha value is -2.04. The average Bonchev–Trinajstić information content (AvgIpc) is 2.54. The Kier molecular flexibility index (Phi) is 5.52. The number of rotatable bonds is 5. The highest BCUT2D eigenvalue weighted by Gasteiger charge is 2.28. The van der Waals surface area contributed by atoms with Crippen molar-refractivity contribution in [3.63, 3.8) is 0 Å². The predicted octanol–water partition coefficient (Wildman–Crippen LogP) is 0.165. The number of piperidine rings is 1. The van der Waals surface area contributed by atoms with E-state index in [1.54, 1.807) is 4.90 Å². The fraction of sp³-hybridized carbons (Fsp3) is 0.500. The number of carbonyl (C=O) groups excluding carboxylic acids is 1. The van der Waals surface area contributed by atoms with Crippen LogP contribution in [0.2, 0.25) is 0 Å². The van der Waals surface area contributed by atoms with E-state index in [0.717, 1.165) is 23.2 Å². The second kappa shape index (κ2) is 7.24. The minimum Gasteiger partial charge on any atom is -0.340 e. The van der Waals surface area contributed by atoms with Gasteiger partial charge < -0.3 is 10.6 Å². The van der Waals surface area contributed by atoms with Crippen molar-refractivity contribution in [2.75, 3.05) is 26.7 Å². The smallest absolute Gasteiger partial charge is 0.270 e. The summed E-state index contributed by atoms with van der Waals surface area (Å²) in [5.41, 5.74) is 5.50. The molecule has 0 spiro atoms. The van der Waals surface area contributed by atoms with E-state index in [0.29, 0.717) is 13.1 Å². The lowest BCUT2D eigenvalue weighted by Gasteiger charge is -2.31. The van der Waals surface area contributed by atoms with Crippen LogP contribution in [0.5, 0.6) is 0 Å². The van der Waals surface area contributed by atoms with E-state index < -0.39 is 14.9 Å². The first kappa shape index (κ1) is 18.3. The molecule has 0 saturated carbocycles. The largest absolute Gasteiger partial charge is 0.340 e. The third-order valence-corrected chi connectivity index (χ3v) is 5.70. The van der Waals surface area contributed by atoms with Crippen molar-refractivity contribution in [2.45, 2.75) is 23.8 Å². The Bertz CT molecular complexity index is 736. The highest BCUT2D eigenvalue weighted by molar-refractivity contribution is 7.89. The molecule has 0 aromatic heterocycles. The zero-order valence-electron chi connectivity index (χ0n) is 13.3. The van der Waals surface area contributed by atoms with Gasteiger partial charge in [-0.1, -0.05) is 6.07 Å². The Labute approximate surface area is 140 Å². The quantitative estimate of drug-likeness (QED) is 0.591. The van der Waals surface area contributed by atoms with E-state index in [2.05, 4.69) is 0 Å². The number of hydrogen-bond donors (Lipinski definition) is 1. The number of non-ortho nitro benzene ring substituents is 1. The molecule has 1 aliphatic heterocycles. The Balaban J connectivity index is 2.12. The monoisotopic (exact) mass is 356 g/mol. The third-order valence-electron chi connectivity index (χ3n) is 3.91. The van der Waals surface area contributed by atoms with E-state index >= 15 is 0 Å². The summed E-state index contributed by atoms with van der Waals surface area (Å²) in [6.07, 6.45) is 1.62. The maximum absolute atomic E-state index is 12.5. The standard InChI is InChI=1S/C14H20N4O5S/c1-16(10-14(19)17-7-3-4-11(15)9-17)24(22,23)13-6-2-5-12(8-13)18(20)21/h2,5-6,8,11H,3-4,7,9-10,15H2,1H3. The first-order chi connectivity index (χ1) is 11.2. The van der Waals surface area contributed by atoms with E-state index in [9.17, 15) is 23.3 Å². The van der Waals surface area contributed by atoms with Gasteiger partial charge in [0.2, 0.25) is 15.9 Å². The summed E-state index contributed by atoms with van der Waals surface area (Å²) in [6, 6.07) is 4.65. The molecule has 1 aromatic carbocycles. The summed E-state index contributed by atoms with van der Waals surface area (Å²) < 4.78 is 25.9. The zero-order valence-corrected chi connectivity index (χ0v) is 14.1. The number of nitrogens with two attached hydrogens (primary N) is 1. The molecule has 2 N–H and O–H groups in total. The van der Waals surface area contributed by atoms with Gasteiger partial charge in [-0.05, 0) is 18.9 Å². The number of hydrogen-bond acceptors (Lipinski definition) is 6. The van der Waals surface area contributed by atoms with Gasteiger partial charge in [-0.3, -0.25) is 14.9 Å². The van der Waals surface area contributed by atoms with Gasteiger partial charge in [0.1, 0.15) is 0 Å². The molecule has 1 amide bonds. The fourth-order valence-electron chi connectivity index (χ4n) is 2.55. The summed E-state index contributed by atoms with van der Waals surface area (Å²) in [6.45, 7) is 0.624. The topological polar surface area (TPSA) is 127 Å². The van der Waals surface area contributed by atoms with Gasteiger partial charge >= 0.3 is 0 Å². The molecule has 0 aliphatic carbocycles. The van der Waals surface area contributed by atoms with Crippen LogP contribution >= 0.6 is 0 Å². The summed E-state index contributed by atoms with van der Waals surface area (Å²) in [5.74, 6) is -0.332. The fourth-order valence-corrected chi connectivity index (χ4v) is 3.71. The van der Waals surface area contributed by atoms with Gasteiger partial charge in [-0.15, -0.1) is 0 Å². The number of likely N-dealkylation sites (tertiary alicyclic amines) is 1. The molecule has 0 radical (unpaired) electrons. The Morgan fingerprint density at radius 3 is 2.83 bits per heavy atom. The molecule has 1 aliphatic rings. The molecule has 1 fully saturated rings. The molecule has 24 heavy (non-hydrogen) atoms. The van der Waals surface area contributed by atoms with Crippen LogP contribution in [0.4, 0.5) is 5.69 Å². The SMILES string of the molecule is CN(CC(=O)N1CCCC(N)C1)S(=O)(=O)c1cccc([N+](=O)[O-])c1. The third kappa shape index (κ3) is 4.08. The molecule has 132 valence electrons. The molecule has 1 aromatic rings. The molecule has 1 atom stereocenters.